The van der Waals surface area contributed by atoms with E-state index < -0.39 is 56.7 Å². The van der Waals surface area contributed by atoms with Gasteiger partial charge in [-0.2, -0.15) is 0 Å². The predicted molar refractivity (Wildman–Crippen MR) is 149 cm³/mol. The number of carbonyl (C=O) groups is 4. The molecule has 0 aromatic rings. The highest BCUT2D eigenvalue weighted by Gasteiger charge is 2.13. The normalized spacial score (nSPS) is 5.54. The number of carbonyl (C=O) groups excluding carboxylic acids is 4. The van der Waals surface area contributed by atoms with Gasteiger partial charge in [-0.1, -0.05) is 80.2 Å². The van der Waals surface area contributed by atoms with Gasteiger partial charge in [0.15, 0.2) is 12.6 Å². The van der Waals surface area contributed by atoms with E-state index in [-0.39, 0.29) is 74.3 Å². The molecule has 214 valence electrons. The fourth-order valence-electron chi connectivity index (χ4n) is 0.851. The summed E-state index contributed by atoms with van der Waals surface area (Å²) in [6, 6.07) is 0. The minimum absolute atomic E-state index is 0. The molecule has 0 rings (SSSR count). The van der Waals surface area contributed by atoms with Crippen LogP contribution in [0.4, 0.5) is 0 Å². The Kier molecular flexibility index (Phi) is 126. The number of ether oxygens (including phenoxy) is 3. The maximum absolute atomic E-state index is 10.9. The van der Waals surface area contributed by atoms with Gasteiger partial charge in [0.1, 0.15) is 19.4 Å². The van der Waals surface area contributed by atoms with Crippen LogP contribution in [0.5, 0.6) is 0 Å². The molecule has 0 aliphatic heterocycles. The van der Waals surface area contributed by atoms with E-state index in [2.05, 4.69) is 43.8 Å². The van der Waals surface area contributed by atoms with E-state index >= 15 is 0 Å². The summed E-state index contributed by atoms with van der Waals surface area (Å²) in [5.41, 5.74) is 0. The first kappa shape index (κ1) is 77.0. The second-order valence-electron chi connectivity index (χ2n) is 3.62. The number of rotatable bonds is 8. The molecule has 0 bridgehead atoms. The molecule has 0 aromatic carbocycles. The molecule has 35 heavy (non-hydrogen) atoms. The van der Waals surface area contributed by atoms with Crippen molar-refractivity contribution in [1.29, 1.82) is 0 Å². The van der Waals surface area contributed by atoms with Crippen LogP contribution in [0.15, 0.2) is 0 Å². The van der Waals surface area contributed by atoms with Crippen molar-refractivity contribution in [2.45, 2.75) is 94.0 Å². The maximum atomic E-state index is 10.9. The average molecular weight is 513 g/mol. The zero-order valence-corrected chi connectivity index (χ0v) is 13.4. The molecule has 9 heteroatoms. The van der Waals surface area contributed by atoms with Crippen LogP contribution < -0.4 is 0 Å². The van der Waals surface area contributed by atoms with E-state index in [1.165, 1.54) is 0 Å². The van der Waals surface area contributed by atoms with Crippen molar-refractivity contribution in [1.82, 2.24) is 0 Å². The lowest BCUT2D eigenvalue weighted by Crippen LogP contribution is -2.19. The minimum atomic E-state index is -1.02. The third kappa shape index (κ3) is 65.2. The fraction of sp³-hybridized carbons (Fsp3) is 0.615. The van der Waals surface area contributed by atoms with Crippen molar-refractivity contribution >= 4 is 23.7 Å². The first-order chi connectivity index (χ1) is 11.9. The van der Waals surface area contributed by atoms with E-state index in [9.17, 15) is 19.2 Å². The molecule has 0 aliphatic rings. The highest BCUT2D eigenvalue weighted by molar-refractivity contribution is 5.96. The zero-order chi connectivity index (χ0) is 19.5. The zero-order valence-electron chi connectivity index (χ0n) is 13.4. The molecule has 9 nitrogen and oxygen atoms in total. The van der Waals surface area contributed by atoms with Crippen molar-refractivity contribution in [3.05, 3.63) is 0 Å². The van der Waals surface area contributed by atoms with Crippen LogP contribution in [-0.2, 0) is 33.4 Å². The highest BCUT2D eigenvalue weighted by Crippen LogP contribution is 1.93. The van der Waals surface area contributed by atoms with Crippen molar-refractivity contribution < 1.29 is 43.6 Å². The van der Waals surface area contributed by atoms with E-state index in [1.807, 2.05) is 0 Å². The molecule has 0 spiro atoms. The summed E-state index contributed by atoms with van der Waals surface area (Å²) in [7, 11) is 0. The predicted octanol–water partition coefficient (Wildman–Crippen LogP) is 4.87. The number of hydrogen-bond donors (Lipinski definition) is 2. The maximum Gasteiger partial charge on any atom is 0.320 e. The Morgan fingerprint density at radius 3 is 1.40 bits per heavy atom. The Bertz CT molecular complexity index is 625. The smallest absolute Gasteiger partial charge is 0.320 e. The van der Waals surface area contributed by atoms with Gasteiger partial charge >= 0.3 is 17.9 Å². The Balaban J connectivity index is -0.0000000279. The first-order valence-electron chi connectivity index (χ1n) is 6.48. The average Bonchev–Trinajstić information content (AvgIpc) is 2.56. The largest absolute Gasteiger partial charge is 0.438 e. The molecule has 2 N–H and O–H groups in total. The Morgan fingerprint density at radius 1 is 0.657 bits per heavy atom. The van der Waals surface area contributed by atoms with Gasteiger partial charge in [0.25, 0.3) is 0 Å². The summed E-state index contributed by atoms with van der Waals surface area (Å²) >= 11 is 0. The number of hydrogen-bond acceptors (Lipinski definition) is 9. The fourth-order valence-corrected chi connectivity index (χ4v) is 0.851. The van der Waals surface area contributed by atoms with Crippen LogP contribution in [-0.4, -0.2) is 54.1 Å². The Morgan fingerprint density at radius 2 is 1.06 bits per heavy atom. The summed E-state index contributed by atoms with van der Waals surface area (Å²) in [6.45, 7) is -0.694. The molecular weight excluding hydrogens is 456 g/mol. The summed E-state index contributed by atoms with van der Waals surface area (Å²) < 4.78 is 12.7. The lowest BCUT2D eigenvalue weighted by Gasteiger charge is -2.05. The number of ketones is 1. The van der Waals surface area contributed by atoms with E-state index in [4.69, 9.17) is 16.6 Å². The Hall–Kier alpha value is -3.32. The van der Waals surface area contributed by atoms with E-state index in [1.54, 1.807) is 6.92 Å². The van der Waals surface area contributed by atoms with Gasteiger partial charge in [-0.15, -0.1) is 6.42 Å². The van der Waals surface area contributed by atoms with Crippen molar-refractivity contribution in [2.24, 2.45) is 0 Å². The van der Waals surface area contributed by atoms with Crippen LogP contribution >= 0.6 is 0 Å². The molecule has 0 heterocycles. The van der Waals surface area contributed by atoms with Crippen LogP contribution in [0.1, 0.15) is 94.0 Å². The van der Waals surface area contributed by atoms with Crippen molar-refractivity contribution in [3.63, 3.8) is 0 Å². The molecular formula is C26H56O9. The van der Waals surface area contributed by atoms with Crippen LogP contribution in [0.25, 0.3) is 0 Å². The van der Waals surface area contributed by atoms with Crippen molar-refractivity contribution in [2.75, 3.05) is 20.2 Å². The SMILES string of the molecule is C.C.C.C.C.C.C.C.C.C.C#CC#CC#CC.O=C(CO)CC(=O)OCOC(=O)CC(=O)OCO. The summed E-state index contributed by atoms with van der Waals surface area (Å²) in [6.07, 6.45) is 3.40. The van der Waals surface area contributed by atoms with Gasteiger partial charge in [-0.3, -0.25) is 19.2 Å². The molecule has 0 unspecified atom stereocenters. The number of terminal acetylenes is 1. The molecule has 0 fully saturated rings. The number of aliphatic hydroxyl groups is 2. The molecule has 0 aliphatic carbocycles. The first-order valence-corrected chi connectivity index (χ1v) is 6.48. The molecule has 0 aromatic heterocycles. The Labute approximate surface area is 217 Å². The molecule has 0 saturated carbocycles. The topological polar surface area (TPSA) is 136 Å². The summed E-state index contributed by atoms with van der Waals surface area (Å²) in [5.74, 6) is 8.28. The van der Waals surface area contributed by atoms with Gasteiger partial charge in [0.05, 0.1) is 0 Å². The number of aliphatic hydroxyl groups excluding tert-OH is 2. The molecule has 0 radical (unpaired) electrons. The van der Waals surface area contributed by atoms with Gasteiger partial charge in [0, 0.05) is 0 Å². The van der Waals surface area contributed by atoms with E-state index in [0.717, 1.165) is 0 Å². The van der Waals surface area contributed by atoms with Crippen LogP contribution in [0.3, 0.4) is 0 Å². The van der Waals surface area contributed by atoms with Crippen molar-refractivity contribution in [3.8, 4) is 36.0 Å². The van der Waals surface area contributed by atoms with Crippen LogP contribution in [0, 0.1) is 36.0 Å². The monoisotopic (exact) mass is 512 g/mol. The quantitative estimate of drug-likeness (QED) is 0.202. The highest BCUT2D eigenvalue weighted by atomic mass is 16.7. The molecule has 0 saturated heterocycles. The molecule has 0 amide bonds. The van der Waals surface area contributed by atoms with Gasteiger partial charge < -0.3 is 24.4 Å². The van der Waals surface area contributed by atoms with Gasteiger partial charge in [0.2, 0.25) is 6.79 Å². The summed E-state index contributed by atoms with van der Waals surface area (Å²) in [4.78, 5) is 43.0. The minimum Gasteiger partial charge on any atom is -0.438 e. The molecule has 0 atom stereocenters. The third-order valence-corrected chi connectivity index (χ3v) is 1.79. The number of esters is 3. The summed E-state index contributed by atoms with van der Waals surface area (Å²) in [5, 5.41) is 16.5. The lowest BCUT2D eigenvalue weighted by atomic mass is 10.3. The van der Waals surface area contributed by atoms with Crippen LogP contribution in [0.2, 0.25) is 0 Å². The third-order valence-electron chi connectivity index (χ3n) is 1.79. The van der Waals surface area contributed by atoms with E-state index in [0.29, 0.717) is 0 Å². The second-order valence-corrected chi connectivity index (χ2v) is 3.62. The lowest BCUT2D eigenvalue weighted by molar-refractivity contribution is -0.170. The number of Topliss-reactive ketones (excluding diaryl/α,β-unsaturated/α-hetero) is 1. The second kappa shape index (κ2) is 57.5. The standard InChI is InChI=1S/C9H12O9.C7H4.10CH4/c10-3-6(12)1-7(13)17-5-18-9(15)2-8(14)16-4-11;1-3-5-7-6-4-2;;;;;;;;;;/h10-11H,1-5H2;1H,2H3;10*1H4. The van der Waals surface area contributed by atoms with Gasteiger partial charge in [-0.05, 0) is 30.6 Å². The van der Waals surface area contributed by atoms with Gasteiger partial charge in [-0.25, -0.2) is 0 Å².